The van der Waals surface area contributed by atoms with Crippen molar-refractivity contribution in [1.82, 2.24) is 0 Å². The van der Waals surface area contributed by atoms with Gasteiger partial charge in [-0.05, 0) is 81.6 Å². The van der Waals surface area contributed by atoms with Crippen LogP contribution in [0.15, 0.2) is 36.0 Å². The van der Waals surface area contributed by atoms with E-state index in [1.807, 2.05) is 19.9 Å². The van der Waals surface area contributed by atoms with Crippen molar-refractivity contribution in [2.75, 3.05) is 0 Å². The van der Waals surface area contributed by atoms with Crippen LogP contribution in [0.1, 0.15) is 73.6 Å². The first kappa shape index (κ1) is 27.7. The molecule has 0 radical (unpaired) electrons. The molecule has 3 heterocycles. The Hall–Kier alpha value is -2.45. The SMILES string of the molecule is C=C1C(C(C)C2CC=C(C)C(=O)O2)CCC2(C)C1CC1(O)C2CC(OC(C)=O)C2C(C)(C)OC(=O)C=CC23OC13. The molecule has 3 aliphatic carbocycles. The summed E-state index contributed by atoms with van der Waals surface area (Å²) in [5.74, 6) is -1.54. The van der Waals surface area contributed by atoms with E-state index in [0.29, 0.717) is 24.8 Å². The van der Waals surface area contributed by atoms with Gasteiger partial charge in [-0.3, -0.25) is 4.79 Å². The minimum absolute atomic E-state index is 0.0247. The summed E-state index contributed by atoms with van der Waals surface area (Å²) in [5, 5.41) is 12.6. The number of hydrogen-bond acceptors (Lipinski definition) is 8. The molecule has 3 aliphatic heterocycles. The third-order valence-electron chi connectivity index (χ3n) is 11.5. The summed E-state index contributed by atoms with van der Waals surface area (Å²) < 4.78 is 24.1. The van der Waals surface area contributed by atoms with E-state index in [9.17, 15) is 19.5 Å². The molecule has 3 saturated carbocycles. The quantitative estimate of drug-likeness (QED) is 0.239. The highest BCUT2D eigenvalue weighted by Crippen LogP contribution is 2.71. The number of epoxide rings is 1. The van der Waals surface area contributed by atoms with Crippen molar-refractivity contribution in [1.29, 1.82) is 0 Å². The molecule has 8 heteroatoms. The maximum Gasteiger partial charge on any atom is 0.333 e. The monoisotopic (exact) mass is 554 g/mol. The first-order valence-electron chi connectivity index (χ1n) is 14.7. The van der Waals surface area contributed by atoms with Crippen LogP contribution in [0, 0.1) is 35.0 Å². The van der Waals surface area contributed by atoms with Crippen LogP contribution >= 0.6 is 0 Å². The van der Waals surface area contributed by atoms with Crippen LogP contribution in [0.25, 0.3) is 0 Å². The number of hydrogen-bond donors (Lipinski definition) is 1. The van der Waals surface area contributed by atoms with Gasteiger partial charge in [-0.15, -0.1) is 0 Å². The predicted octanol–water partition coefficient (Wildman–Crippen LogP) is 4.20. The summed E-state index contributed by atoms with van der Waals surface area (Å²) >= 11 is 0. The Bertz CT molecular complexity index is 1230. The normalized spacial score (nSPS) is 47.6. The summed E-state index contributed by atoms with van der Waals surface area (Å²) in [6.45, 7) is 15.8. The average Bonchev–Trinajstić information content (AvgIpc) is 3.56. The lowest BCUT2D eigenvalue weighted by Gasteiger charge is -2.49. The molecule has 6 aliphatic rings. The number of ether oxygens (including phenoxy) is 4. The van der Waals surface area contributed by atoms with Crippen molar-refractivity contribution in [3.05, 3.63) is 36.0 Å². The van der Waals surface area contributed by atoms with Crippen molar-refractivity contribution in [2.24, 2.45) is 35.0 Å². The molecule has 0 amide bonds. The third-order valence-corrected chi connectivity index (χ3v) is 11.5. The fourth-order valence-corrected chi connectivity index (χ4v) is 9.59. The topological polar surface area (TPSA) is 112 Å². The molecular weight excluding hydrogens is 512 g/mol. The summed E-state index contributed by atoms with van der Waals surface area (Å²) in [6, 6.07) is 0. The van der Waals surface area contributed by atoms with Crippen LogP contribution in [0.3, 0.4) is 0 Å². The highest BCUT2D eigenvalue weighted by molar-refractivity contribution is 5.88. The van der Waals surface area contributed by atoms with Gasteiger partial charge in [0.2, 0.25) is 0 Å². The summed E-state index contributed by atoms with van der Waals surface area (Å²) in [6.07, 6.45) is 7.08. The molecule has 0 aromatic heterocycles. The number of cyclic esters (lactones) is 2. The lowest BCUT2D eigenvalue weighted by atomic mass is 9.57. The summed E-state index contributed by atoms with van der Waals surface area (Å²) in [4.78, 5) is 37.2. The standard InChI is InChI=1S/C32H42O8/c1-16-8-9-22(38-27(16)35)18(3)20-10-12-30(7)21(17(20)2)15-31(36)24(30)14-23(37-19(4)33)26-29(5,6)39-25(34)11-13-32(26)28(31)40-32/h8,11,13,18,20-24,26,28,36H,2,9-10,12,14-15H2,1,3-7H3. The Morgan fingerprint density at radius 3 is 2.65 bits per heavy atom. The zero-order valence-electron chi connectivity index (χ0n) is 24.4. The first-order valence-corrected chi connectivity index (χ1v) is 14.7. The summed E-state index contributed by atoms with van der Waals surface area (Å²) in [5.41, 5.74) is -1.70. The number of allylic oxidation sites excluding steroid dienone is 1. The average molecular weight is 555 g/mol. The zero-order valence-corrected chi connectivity index (χ0v) is 24.4. The molecule has 11 atom stereocenters. The molecule has 1 N–H and O–H groups in total. The Balaban J connectivity index is 1.35. The summed E-state index contributed by atoms with van der Waals surface area (Å²) in [7, 11) is 0. The molecular formula is C32H42O8. The second-order valence-corrected chi connectivity index (χ2v) is 14.0. The lowest BCUT2D eigenvalue weighted by Crippen LogP contribution is -2.51. The van der Waals surface area contributed by atoms with E-state index in [-0.39, 0.29) is 41.2 Å². The number of fused-ring (bicyclic) bond motifs is 4. The van der Waals surface area contributed by atoms with Crippen molar-refractivity contribution in [3.63, 3.8) is 0 Å². The Kier molecular flexibility index (Phi) is 6.08. The molecule has 0 bridgehead atoms. The van der Waals surface area contributed by atoms with Gasteiger partial charge in [-0.1, -0.05) is 32.1 Å². The number of rotatable bonds is 3. The van der Waals surface area contributed by atoms with Gasteiger partial charge in [0.25, 0.3) is 0 Å². The van der Waals surface area contributed by atoms with E-state index in [0.717, 1.165) is 18.4 Å². The number of esters is 3. The fraction of sp³-hybridized carbons (Fsp3) is 0.719. The van der Waals surface area contributed by atoms with Gasteiger partial charge in [-0.25, -0.2) is 9.59 Å². The highest BCUT2D eigenvalue weighted by atomic mass is 16.6. The van der Waals surface area contributed by atoms with Crippen LogP contribution in [-0.4, -0.2) is 58.1 Å². The fourth-order valence-electron chi connectivity index (χ4n) is 9.59. The van der Waals surface area contributed by atoms with Crippen LogP contribution < -0.4 is 0 Å². The molecule has 4 fully saturated rings. The van der Waals surface area contributed by atoms with Crippen LogP contribution in [0.5, 0.6) is 0 Å². The molecule has 8 nitrogen and oxygen atoms in total. The van der Waals surface area contributed by atoms with Crippen LogP contribution in [0.4, 0.5) is 0 Å². The molecule has 1 spiro atoms. The van der Waals surface area contributed by atoms with E-state index < -0.39 is 46.9 Å². The zero-order chi connectivity index (χ0) is 29.0. The molecule has 1 saturated heterocycles. The minimum Gasteiger partial charge on any atom is -0.462 e. The van der Waals surface area contributed by atoms with Crippen molar-refractivity contribution >= 4 is 17.9 Å². The molecule has 0 aromatic carbocycles. The maximum atomic E-state index is 12.6. The molecule has 0 aromatic rings. The second kappa shape index (κ2) is 8.78. The maximum absolute atomic E-state index is 12.6. The van der Waals surface area contributed by atoms with Crippen molar-refractivity contribution in [2.45, 2.75) is 109 Å². The van der Waals surface area contributed by atoms with E-state index in [4.69, 9.17) is 18.9 Å². The van der Waals surface area contributed by atoms with Crippen LogP contribution in [0.2, 0.25) is 0 Å². The Morgan fingerprint density at radius 2 is 1.98 bits per heavy atom. The van der Waals surface area contributed by atoms with E-state index in [2.05, 4.69) is 20.4 Å². The third kappa shape index (κ3) is 3.81. The minimum atomic E-state index is -1.20. The van der Waals surface area contributed by atoms with E-state index >= 15 is 0 Å². The molecule has 11 unspecified atom stereocenters. The first-order chi connectivity index (χ1) is 18.6. The van der Waals surface area contributed by atoms with Crippen molar-refractivity contribution in [3.8, 4) is 0 Å². The lowest BCUT2D eigenvalue weighted by molar-refractivity contribution is -0.174. The van der Waals surface area contributed by atoms with Gasteiger partial charge in [0, 0.05) is 25.0 Å². The predicted molar refractivity (Wildman–Crippen MR) is 145 cm³/mol. The Morgan fingerprint density at radius 1 is 1.25 bits per heavy atom. The van der Waals surface area contributed by atoms with Gasteiger partial charge in [-0.2, -0.15) is 0 Å². The Labute approximate surface area is 236 Å². The van der Waals surface area contributed by atoms with Gasteiger partial charge in [0.15, 0.2) is 0 Å². The second-order valence-electron chi connectivity index (χ2n) is 14.0. The van der Waals surface area contributed by atoms with Gasteiger partial charge in [0.05, 0.1) is 11.5 Å². The van der Waals surface area contributed by atoms with Gasteiger partial charge >= 0.3 is 17.9 Å². The van der Waals surface area contributed by atoms with Gasteiger partial charge < -0.3 is 24.1 Å². The molecule has 40 heavy (non-hydrogen) atoms. The number of aliphatic hydroxyl groups is 1. The van der Waals surface area contributed by atoms with Crippen LogP contribution in [-0.2, 0) is 33.3 Å². The van der Waals surface area contributed by atoms with E-state index in [1.165, 1.54) is 13.0 Å². The molecule has 6 rings (SSSR count). The number of carbonyl (C=O) groups is 3. The smallest absolute Gasteiger partial charge is 0.333 e. The van der Waals surface area contributed by atoms with E-state index in [1.54, 1.807) is 13.0 Å². The molecule has 218 valence electrons. The van der Waals surface area contributed by atoms with Gasteiger partial charge in [0.1, 0.15) is 29.5 Å². The largest absolute Gasteiger partial charge is 0.462 e. The highest BCUT2D eigenvalue weighted by Gasteiger charge is 2.80. The van der Waals surface area contributed by atoms with Crippen molar-refractivity contribution < 1.29 is 38.4 Å². The number of carbonyl (C=O) groups excluding carboxylic acids is 3.